The fraction of sp³-hybridized carbons (Fsp3) is 0.429. The van der Waals surface area contributed by atoms with Crippen molar-refractivity contribution in [2.45, 2.75) is 25.2 Å². The molecule has 4 N–H and O–H groups in total. The molecule has 0 atom stereocenters. The van der Waals surface area contributed by atoms with Crippen LogP contribution in [0.1, 0.15) is 20.3 Å². The van der Waals surface area contributed by atoms with Crippen LogP contribution in [0.5, 0.6) is 0 Å². The van der Waals surface area contributed by atoms with Crippen molar-refractivity contribution in [3.63, 3.8) is 0 Å². The van der Waals surface area contributed by atoms with E-state index in [1.54, 1.807) is 0 Å². The van der Waals surface area contributed by atoms with Gasteiger partial charge in [-0.1, -0.05) is 13.8 Å². The number of anilines is 1. The number of carbonyl (C=O) groups is 2. The number of carbonyl (C=O) groups excluding carboxylic acids is 2. The number of urea groups is 1. The number of nitrogens with one attached hydrogen (secondary N) is 2. The van der Waals surface area contributed by atoms with Crippen molar-refractivity contribution in [3.05, 3.63) is 24.0 Å². The Hall–Kier alpha value is -1.76. The molecule has 5 nitrogen and oxygen atoms in total. The quantitative estimate of drug-likeness (QED) is 0.556. The van der Waals surface area contributed by atoms with E-state index in [4.69, 9.17) is 5.73 Å². The van der Waals surface area contributed by atoms with Gasteiger partial charge >= 0.3 is 6.03 Å². The van der Waals surface area contributed by atoms with Gasteiger partial charge in [-0.25, -0.2) is 9.18 Å². The first kappa shape index (κ1) is 17.3. The second-order valence-electron chi connectivity index (χ2n) is 4.96. The summed E-state index contributed by atoms with van der Waals surface area (Å²) >= 11 is 1.15. The number of benzene rings is 1. The highest BCUT2D eigenvalue weighted by Gasteiger charge is 2.09. The summed E-state index contributed by atoms with van der Waals surface area (Å²) in [5.74, 6) is -0.331. The molecule has 0 aliphatic rings. The second-order valence-corrected chi connectivity index (χ2v) is 5.97. The minimum atomic E-state index is -0.506. The summed E-state index contributed by atoms with van der Waals surface area (Å²) in [4.78, 5) is 23.6. The van der Waals surface area contributed by atoms with Gasteiger partial charge in [0.1, 0.15) is 5.82 Å². The highest BCUT2D eigenvalue weighted by atomic mass is 32.2. The molecule has 3 amide bonds. The zero-order valence-corrected chi connectivity index (χ0v) is 12.9. The molecule has 0 spiro atoms. The molecular weight excluding hydrogens is 293 g/mol. The van der Waals surface area contributed by atoms with Crippen LogP contribution in [0.3, 0.4) is 0 Å². The number of halogens is 1. The zero-order chi connectivity index (χ0) is 15.8. The Labute approximate surface area is 127 Å². The second kappa shape index (κ2) is 8.51. The molecule has 1 aromatic rings. The molecule has 1 aromatic carbocycles. The van der Waals surface area contributed by atoms with Gasteiger partial charge in [-0.15, -0.1) is 11.8 Å². The number of thioether (sulfide) groups is 1. The van der Waals surface area contributed by atoms with Gasteiger partial charge in [-0.3, -0.25) is 10.1 Å². The zero-order valence-electron chi connectivity index (χ0n) is 12.1. The number of rotatable bonds is 6. The Morgan fingerprint density at radius 3 is 2.71 bits per heavy atom. The molecule has 1 rings (SSSR count). The number of amides is 3. The van der Waals surface area contributed by atoms with Crippen LogP contribution >= 0.6 is 11.8 Å². The van der Waals surface area contributed by atoms with Crippen LogP contribution in [0, 0.1) is 11.7 Å². The van der Waals surface area contributed by atoms with E-state index in [2.05, 4.69) is 24.5 Å². The lowest BCUT2D eigenvalue weighted by molar-refractivity contribution is -0.117. The van der Waals surface area contributed by atoms with Crippen LogP contribution in [0.15, 0.2) is 23.1 Å². The molecule has 0 aliphatic carbocycles. The molecule has 0 aliphatic heterocycles. The Bertz CT molecular complexity index is 509. The molecule has 0 saturated carbocycles. The molecule has 0 aromatic heterocycles. The minimum Gasteiger partial charge on any atom is -0.398 e. The SMILES string of the molecule is CC(C)CCNC(=O)NC(=O)CSc1ccc(F)cc1N. The Kier molecular flexibility index (Phi) is 7.01. The summed E-state index contributed by atoms with van der Waals surface area (Å²) in [6.07, 6.45) is 0.850. The molecule has 0 radical (unpaired) electrons. The summed E-state index contributed by atoms with van der Waals surface area (Å²) in [5, 5.41) is 4.84. The lowest BCUT2D eigenvalue weighted by atomic mass is 10.1. The van der Waals surface area contributed by atoms with Crippen LogP contribution in [0.4, 0.5) is 14.9 Å². The van der Waals surface area contributed by atoms with Gasteiger partial charge in [0.2, 0.25) is 5.91 Å². The maximum absolute atomic E-state index is 12.9. The van der Waals surface area contributed by atoms with Crippen molar-refractivity contribution in [2.24, 2.45) is 5.92 Å². The van der Waals surface area contributed by atoms with Gasteiger partial charge in [0.05, 0.1) is 5.75 Å². The Balaban J connectivity index is 2.32. The minimum absolute atomic E-state index is 0.0352. The fourth-order valence-corrected chi connectivity index (χ4v) is 2.22. The molecule has 21 heavy (non-hydrogen) atoms. The molecule has 0 bridgehead atoms. The lowest BCUT2D eigenvalue weighted by Crippen LogP contribution is -2.40. The highest BCUT2D eigenvalue weighted by molar-refractivity contribution is 8.00. The van der Waals surface area contributed by atoms with E-state index in [-0.39, 0.29) is 11.4 Å². The van der Waals surface area contributed by atoms with Crippen molar-refractivity contribution >= 4 is 29.4 Å². The van der Waals surface area contributed by atoms with Crippen molar-refractivity contribution in [1.82, 2.24) is 10.6 Å². The average molecular weight is 313 g/mol. The van der Waals surface area contributed by atoms with Crippen molar-refractivity contribution in [3.8, 4) is 0 Å². The average Bonchev–Trinajstić information content (AvgIpc) is 2.37. The topological polar surface area (TPSA) is 84.2 Å². The summed E-state index contributed by atoms with van der Waals surface area (Å²) in [6.45, 7) is 4.62. The van der Waals surface area contributed by atoms with Crippen LogP contribution in [-0.4, -0.2) is 24.2 Å². The normalized spacial score (nSPS) is 10.5. The summed E-state index contributed by atoms with van der Waals surface area (Å²) in [7, 11) is 0. The predicted octanol–water partition coefficient (Wildman–Crippen LogP) is 2.37. The standard InChI is InChI=1S/C14H20FN3O2S/c1-9(2)5-6-17-14(20)18-13(19)8-21-12-4-3-10(15)7-11(12)16/h3-4,7,9H,5-6,8,16H2,1-2H3,(H2,17,18,19,20). The van der Waals surface area contributed by atoms with Crippen LogP contribution < -0.4 is 16.4 Å². The summed E-state index contributed by atoms with van der Waals surface area (Å²) < 4.78 is 12.9. The highest BCUT2D eigenvalue weighted by Crippen LogP contribution is 2.25. The number of hydrogen-bond donors (Lipinski definition) is 3. The van der Waals surface area contributed by atoms with Crippen LogP contribution in [0.25, 0.3) is 0 Å². The van der Waals surface area contributed by atoms with E-state index < -0.39 is 17.8 Å². The van der Waals surface area contributed by atoms with E-state index in [0.29, 0.717) is 17.4 Å². The Morgan fingerprint density at radius 2 is 2.10 bits per heavy atom. The molecule has 0 fully saturated rings. The molecule has 0 heterocycles. The largest absolute Gasteiger partial charge is 0.398 e. The maximum Gasteiger partial charge on any atom is 0.321 e. The number of imide groups is 1. The smallest absolute Gasteiger partial charge is 0.321 e. The first-order valence-electron chi connectivity index (χ1n) is 6.64. The van der Waals surface area contributed by atoms with Gasteiger partial charge in [0, 0.05) is 17.1 Å². The van der Waals surface area contributed by atoms with E-state index in [9.17, 15) is 14.0 Å². The Morgan fingerprint density at radius 1 is 1.38 bits per heavy atom. The van der Waals surface area contributed by atoms with Gasteiger partial charge < -0.3 is 11.1 Å². The number of nitrogen functional groups attached to an aromatic ring is 1. The van der Waals surface area contributed by atoms with Crippen LogP contribution in [0.2, 0.25) is 0 Å². The monoisotopic (exact) mass is 313 g/mol. The number of hydrogen-bond acceptors (Lipinski definition) is 4. The van der Waals surface area contributed by atoms with Gasteiger partial charge in [-0.05, 0) is 30.5 Å². The molecule has 0 saturated heterocycles. The fourth-order valence-electron chi connectivity index (χ4n) is 1.48. The van der Waals surface area contributed by atoms with Crippen molar-refractivity contribution in [1.29, 1.82) is 0 Å². The molecule has 116 valence electrons. The van der Waals surface area contributed by atoms with Gasteiger partial charge in [0.25, 0.3) is 0 Å². The lowest BCUT2D eigenvalue weighted by Gasteiger charge is -2.08. The predicted molar refractivity (Wildman–Crippen MR) is 82.5 cm³/mol. The first-order chi connectivity index (χ1) is 9.88. The third-order valence-electron chi connectivity index (χ3n) is 2.59. The summed E-state index contributed by atoms with van der Waals surface area (Å²) in [6, 6.07) is 3.47. The summed E-state index contributed by atoms with van der Waals surface area (Å²) in [5.41, 5.74) is 5.90. The maximum atomic E-state index is 12.9. The van der Waals surface area contributed by atoms with Crippen molar-refractivity contribution in [2.75, 3.05) is 18.0 Å². The first-order valence-corrected chi connectivity index (χ1v) is 7.62. The van der Waals surface area contributed by atoms with Crippen molar-refractivity contribution < 1.29 is 14.0 Å². The van der Waals surface area contributed by atoms with E-state index in [1.807, 2.05) is 0 Å². The van der Waals surface area contributed by atoms with E-state index in [0.717, 1.165) is 18.2 Å². The van der Waals surface area contributed by atoms with Gasteiger partial charge in [-0.2, -0.15) is 0 Å². The van der Waals surface area contributed by atoms with E-state index >= 15 is 0 Å². The molecule has 0 unspecified atom stereocenters. The van der Waals surface area contributed by atoms with E-state index in [1.165, 1.54) is 18.2 Å². The van der Waals surface area contributed by atoms with Crippen LogP contribution in [-0.2, 0) is 4.79 Å². The molecule has 7 heteroatoms. The third kappa shape index (κ3) is 6.99. The number of nitrogens with two attached hydrogens (primary N) is 1. The molecular formula is C14H20FN3O2S. The van der Waals surface area contributed by atoms with Gasteiger partial charge in [0.15, 0.2) is 0 Å². The third-order valence-corrected chi connectivity index (χ3v) is 3.68.